The third kappa shape index (κ3) is 4.85. The molecule has 0 aliphatic rings. The monoisotopic (exact) mass is 683 g/mol. The predicted octanol–water partition coefficient (Wildman–Crippen LogP) is 13.5. The second-order valence-electron chi connectivity index (χ2n) is 13.4. The van der Waals surface area contributed by atoms with Gasteiger partial charge < -0.3 is 9.13 Å². The van der Waals surface area contributed by atoms with Crippen molar-refractivity contribution in [3.63, 3.8) is 0 Å². The smallest absolute Gasteiger partial charge is 0.309 e. The third-order valence-corrected chi connectivity index (χ3v) is 10.7. The molecule has 0 atom stereocenters. The highest BCUT2D eigenvalue weighted by Crippen LogP contribution is 2.40. The lowest BCUT2D eigenvalue weighted by molar-refractivity contribution is 0.712. The summed E-state index contributed by atoms with van der Waals surface area (Å²) in [6.07, 6.45) is 0. The highest BCUT2D eigenvalue weighted by atomic mass is 19.2. The van der Waals surface area contributed by atoms with Crippen LogP contribution in [0.2, 0.25) is 0 Å². The van der Waals surface area contributed by atoms with Crippen LogP contribution in [0.1, 0.15) is 0 Å². The summed E-state index contributed by atoms with van der Waals surface area (Å²) >= 11 is 0. The molecule has 0 N–H and O–H groups in total. The zero-order chi connectivity index (χ0) is 35.5. The van der Waals surface area contributed by atoms with Crippen LogP contribution >= 0.6 is 0 Å². The summed E-state index contributed by atoms with van der Waals surface area (Å²) in [6, 6.07) is 66.9. The van der Waals surface area contributed by atoms with Crippen molar-refractivity contribution >= 4 is 83.8 Å². The van der Waals surface area contributed by atoms with Crippen molar-refractivity contribution in [1.82, 2.24) is 9.13 Å². The van der Waals surface area contributed by atoms with Gasteiger partial charge in [-0.25, -0.2) is 0 Å². The number of aromatic nitrogens is 2. The molecule has 0 spiro atoms. The van der Waals surface area contributed by atoms with Gasteiger partial charge in [-0.15, -0.1) is 0 Å². The minimum atomic E-state index is -1.00. The summed E-state index contributed by atoms with van der Waals surface area (Å²) in [6.45, 7) is 0. The highest BCUT2D eigenvalue weighted by Gasteiger charge is 2.18. The number of benzene rings is 9. The fraction of sp³-hybridized carbons (Fsp3) is 0. The molecule has 2 nitrogen and oxygen atoms in total. The first-order valence-corrected chi connectivity index (χ1v) is 17.7. The van der Waals surface area contributed by atoms with E-state index in [4.69, 9.17) is 0 Å². The molecule has 11 aromatic rings. The topological polar surface area (TPSA) is 9.86 Å². The number of nitrogens with zero attached hydrogens (tertiary/aromatic N) is 2. The molecule has 0 saturated heterocycles. The summed E-state index contributed by atoms with van der Waals surface area (Å²) in [4.78, 5) is 0. The van der Waals surface area contributed by atoms with Crippen molar-refractivity contribution in [3.8, 4) is 22.5 Å². The zero-order valence-electron chi connectivity index (χ0n) is 28.5. The van der Waals surface area contributed by atoms with Crippen LogP contribution in [0.3, 0.4) is 0 Å². The Hall–Kier alpha value is -6.72. The van der Waals surface area contributed by atoms with Gasteiger partial charge in [-0.3, -0.25) is 8.63 Å². The molecular formula is C48H30BF2N2. The van der Waals surface area contributed by atoms with Crippen LogP contribution in [-0.2, 0) is 0 Å². The van der Waals surface area contributed by atoms with E-state index in [1.54, 1.807) is 0 Å². The maximum Gasteiger partial charge on any atom is 0.577 e. The summed E-state index contributed by atoms with van der Waals surface area (Å²) < 4.78 is 23.9. The maximum absolute atomic E-state index is 9.50. The van der Waals surface area contributed by atoms with Gasteiger partial charge in [-0.05, 0) is 92.0 Å². The summed E-state index contributed by atoms with van der Waals surface area (Å²) in [5.41, 5.74) is 9.47. The number of hydrogen-bond acceptors (Lipinski definition) is 0. The van der Waals surface area contributed by atoms with Crippen molar-refractivity contribution in [2.24, 2.45) is 0 Å². The fourth-order valence-electron chi connectivity index (χ4n) is 8.51. The minimum absolute atomic E-state index is 1.00. The lowest BCUT2D eigenvalue weighted by atomic mass is 9.92. The Kier molecular flexibility index (Phi) is 7.33. The van der Waals surface area contributed by atoms with E-state index in [0.717, 1.165) is 11.4 Å². The Morgan fingerprint density at radius 1 is 0.283 bits per heavy atom. The average molecular weight is 684 g/mol. The lowest BCUT2D eigenvalue weighted by Crippen LogP contribution is -2.00. The molecule has 11 rings (SSSR count). The number of rotatable bonds is 3. The molecule has 9 aromatic carbocycles. The van der Waals surface area contributed by atoms with Gasteiger partial charge in [0, 0.05) is 32.9 Å². The Balaban J connectivity index is 0.00000113. The zero-order valence-corrected chi connectivity index (χ0v) is 28.5. The second-order valence-corrected chi connectivity index (χ2v) is 13.4. The van der Waals surface area contributed by atoms with Crippen molar-refractivity contribution in [2.75, 3.05) is 0 Å². The molecule has 1 radical (unpaired) electrons. The van der Waals surface area contributed by atoms with Crippen LogP contribution in [0.25, 0.3) is 98.4 Å². The van der Waals surface area contributed by atoms with Crippen molar-refractivity contribution in [1.29, 1.82) is 0 Å². The molecule has 2 heterocycles. The SMILES string of the molecule is F[B]F.c1ccc2c(c1)c1ccccc1c1cc(-c3cc(-n4c5ccccc5c5ccccc54)cc(-n4c5ccccc5c5ccccc54)c3)ccc21. The number of halogens is 2. The molecule has 5 heteroatoms. The molecular weight excluding hydrogens is 653 g/mol. The van der Waals surface area contributed by atoms with Crippen LogP contribution in [0.5, 0.6) is 0 Å². The summed E-state index contributed by atoms with van der Waals surface area (Å²) in [5, 5.41) is 12.8. The Labute approximate surface area is 305 Å². The fourth-order valence-corrected chi connectivity index (χ4v) is 8.51. The van der Waals surface area contributed by atoms with Gasteiger partial charge in [-0.2, -0.15) is 0 Å². The molecule has 2 aromatic heterocycles. The molecule has 0 fully saturated rings. The van der Waals surface area contributed by atoms with E-state index < -0.39 is 7.83 Å². The molecule has 0 saturated carbocycles. The first kappa shape index (κ1) is 31.1. The van der Waals surface area contributed by atoms with Crippen molar-refractivity contribution in [2.45, 2.75) is 0 Å². The second kappa shape index (κ2) is 12.5. The van der Waals surface area contributed by atoms with E-state index in [0.29, 0.717) is 0 Å². The molecule has 53 heavy (non-hydrogen) atoms. The van der Waals surface area contributed by atoms with E-state index in [1.165, 1.54) is 87.1 Å². The quantitative estimate of drug-likeness (QED) is 0.130. The number of para-hydroxylation sites is 4. The van der Waals surface area contributed by atoms with Crippen molar-refractivity contribution in [3.05, 3.63) is 182 Å². The summed E-state index contributed by atoms with van der Waals surface area (Å²) in [7, 11) is -1.00. The maximum atomic E-state index is 9.50. The van der Waals surface area contributed by atoms with Gasteiger partial charge in [0.05, 0.1) is 22.1 Å². The predicted molar refractivity (Wildman–Crippen MR) is 221 cm³/mol. The van der Waals surface area contributed by atoms with E-state index in [-0.39, 0.29) is 0 Å². The van der Waals surface area contributed by atoms with Crippen LogP contribution in [0.4, 0.5) is 8.63 Å². The first-order valence-electron chi connectivity index (χ1n) is 17.7. The van der Waals surface area contributed by atoms with Crippen molar-refractivity contribution < 1.29 is 8.63 Å². The van der Waals surface area contributed by atoms with Gasteiger partial charge in [0.2, 0.25) is 0 Å². The Morgan fingerprint density at radius 2 is 0.585 bits per heavy atom. The van der Waals surface area contributed by atoms with Crippen LogP contribution in [0, 0.1) is 0 Å². The normalized spacial score (nSPS) is 11.6. The number of hydrogen-bond donors (Lipinski definition) is 0. The van der Waals surface area contributed by atoms with Gasteiger partial charge >= 0.3 is 7.83 Å². The molecule has 0 amide bonds. The van der Waals surface area contributed by atoms with Gasteiger partial charge in [-0.1, -0.05) is 133 Å². The molecule has 0 aliphatic carbocycles. The standard InChI is InChI=1S/C48H30N2.BF2/c1-2-15-37-35(13-1)36-14-3-4-16-38(36)44-29-31(25-26-39(37)44)32-27-33(49-45-21-9-5-17-40(45)41-18-6-10-22-46(41)49)30-34(28-32)50-47-23-11-7-19-42(47)43-20-8-12-24-48(43)50;2-1-3/h1-30H;. The largest absolute Gasteiger partial charge is 0.577 e. The van der Waals surface area contributed by atoms with Gasteiger partial charge in [0.25, 0.3) is 0 Å². The van der Waals surface area contributed by atoms with E-state index >= 15 is 0 Å². The van der Waals surface area contributed by atoms with E-state index in [9.17, 15) is 8.63 Å². The minimum Gasteiger partial charge on any atom is -0.309 e. The lowest BCUT2D eigenvalue weighted by Gasteiger charge is -2.17. The Bertz CT molecular complexity index is 2920. The third-order valence-electron chi connectivity index (χ3n) is 10.7. The molecule has 0 aliphatic heterocycles. The molecule has 249 valence electrons. The highest BCUT2D eigenvalue weighted by molar-refractivity contribution is 6.25. The van der Waals surface area contributed by atoms with Crippen LogP contribution in [-0.4, -0.2) is 17.0 Å². The first-order chi connectivity index (χ1) is 26.2. The molecule has 0 bridgehead atoms. The van der Waals surface area contributed by atoms with Crippen LogP contribution < -0.4 is 0 Å². The van der Waals surface area contributed by atoms with Gasteiger partial charge in [0.15, 0.2) is 0 Å². The van der Waals surface area contributed by atoms with E-state index in [2.05, 4.69) is 191 Å². The Morgan fingerprint density at radius 3 is 0.962 bits per heavy atom. The van der Waals surface area contributed by atoms with Crippen LogP contribution in [0.15, 0.2) is 182 Å². The number of fused-ring (bicyclic) bond motifs is 12. The summed E-state index contributed by atoms with van der Waals surface area (Å²) in [5.74, 6) is 0. The average Bonchev–Trinajstić information content (AvgIpc) is 3.74. The van der Waals surface area contributed by atoms with E-state index in [1.807, 2.05) is 0 Å². The van der Waals surface area contributed by atoms with Gasteiger partial charge in [0.1, 0.15) is 0 Å². The molecule has 0 unspecified atom stereocenters.